The first-order valence-electron chi connectivity index (χ1n) is 7.92. The Kier molecular flexibility index (Phi) is 4.68. The van der Waals surface area contributed by atoms with Gasteiger partial charge in [-0.15, -0.1) is 0 Å². The van der Waals surface area contributed by atoms with Gasteiger partial charge in [0.25, 0.3) is 0 Å². The van der Waals surface area contributed by atoms with Gasteiger partial charge >= 0.3 is 0 Å². The summed E-state index contributed by atoms with van der Waals surface area (Å²) in [5.41, 5.74) is 0. The SMILES string of the molecule is CN(C)CCn1ccnc1C1CCN(c2ncccn2)CC1. The lowest BCUT2D eigenvalue weighted by Gasteiger charge is -2.31. The third kappa shape index (κ3) is 3.44. The van der Waals surface area contributed by atoms with Crippen molar-refractivity contribution in [1.29, 1.82) is 0 Å². The van der Waals surface area contributed by atoms with Gasteiger partial charge in [-0.3, -0.25) is 0 Å². The number of hydrogen-bond acceptors (Lipinski definition) is 5. The Morgan fingerprint density at radius 2 is 1.82 bits per heavy atom. The van der Waals surface area contributed by atoms with Crippen LogP contribution in [-0.4, -0.2) is 58.1 Å². The highest BCUT2D eigenvalue weighted by Crippen LogP contribution is 2.28. The Morgan fingerprint density at radius 3 is 2.50 bits per heavy atom. The minimum Gasteiger partial charge on any atom is -0.341 e. The lowest BCUT2D eigenvalue weighted by Crippen LogP contribution is -2.35. The van der Waals surface area contributed by atoms with Gasteiger partial charge in [-0.1, -0.05) is 0 Å². The number of aromatic nitrogens is 4. The molecule has 0 N–H and O–H groups in total. The van der Waals surface area contributed by atoms with Gasteiger partial charge in [-0.25, -0.2) is 15.0 Å². The van der Waals surface area contributed by atoms with Crippen molar-refractivity contribution >= 4 is 5.95 Å². The van der Waals surface area contributed by atoms with E-state index in [-0.39, 0.29) is 0 Å². The zero-order valence-electron chi connectivity index (χ0n) is 13.4. The van der Waals surface area contributed by atoms with E-state index < -0.39 is 0 Å². The molecule has 0 atom stereocenters. The summed E-state index contributed by atoms with van der Waals surface area (Å²) >= 11 is 0. The maximum absolute atomic E-state index is 4.61. The first kappa shape index (κ1) is 15.0. The molecule has 0 saturated carbocycles. The number of likely N-dealkylation sites (N-methyl/N-ethyl adjacent to an activating group) is 1. The van der Waals surface area contributed by atoms with Gasteiger partial charge in [0.1, 0.15) is 5.82 Å². The average molecular weight is 300 g/mol. The molecule has 0 aliphatic carbocycles. The summed E-state index contributed by atoms with van der Waals surface area (Å²) in [6, 6.07) is 1.86. The van der Waals surface area contributed by atoms with Crippen LogP contribution in [0.3, 0.4) is 0 Å². The molecule has 22 heavy (non-hydrogen) atoms. The molecule has 118 valence electrons. The van der Waals surface area contributed by atoms with Crippen LogP contribution in [0.1, 0.15) is 24.6 Å². The maximum atomic E-state index is 4.61. The second-order valence-electron chi connectivity index (χ2n) is 6.09. The monoisotopic (exact) mass is 300 g/mol. The van der Waals surface area contributed by atoms with E-state index in [9.17, 15) is 0 Å². The molecule has 0 aromatic carbocycles. The fraction of sp³-hybridized carbons (Fsp3) is 0.562. The molecule has 0 unspecified atom stereocenters. The van der Waals surface area contributed by atoms with Gasteiger partial charge in [0.15, 0.2) is 0 Å². The highest BCUT2D eigenvalue weighted by molar-refractivity contribution is 5.29. The third-order valence-corrected chi connectivity index (χ3v) is 4.23. The number of imidazole rings is 1. The Labute approximate surface area is 131 Å². The van der Waals surface area contributed by atoms with Gasteiger partial charge in [-0.2, -0.15) is 0 Å². The number of nitrogens with zero attached hydrogens (tertiary/aromatic N) is 6. The van der Waals surface area contributed by atoms with Crippen LogP contribution in [0, 0.1) is 0 Å². The van der Waals surface area contributed by atoms with Crippen molar-refractivity contribution in [2.75, 3.05) is 38.6 Å². The summed E-state index contributed by atoms with van der Waals surface area (Å²) in [5.74, 6) is 2.62. The molecule has 6 heteroatoms. The molecular formula is C16H24N6. The summed E-state index contributed by atoms with van der Waals surface area (Å²) in [5, 5.41) is 0. The molecule has 2 aromatic heterocycles. The molecule has 1 aliphatic heterocycles. The van der Waals surface area contributed by atoms with Crippen LogP contribution in [0.15, 0.2) is 30.9 Å². The van der Waals surface area contributed by atoms with E-state index in [0.717, 1.165) is 45.0 Å². The predicted molar refractivity (Wildman–Crippen MR) is 87.0 cm³/mol. The van der Waals surface area contributed by atoms with Crippen molar-refractivity contribution in [2.45, 2.75) is 25.3 Å². The van der Waals surface area contributed by atoms with Crippen molar-refractivity contribution in [3.8, 4) is 0 Å². The van der Waals surface area contributed by atoms with Crippen LogP contribution >= 0.6 is 0 Å². The van der Waals surface area contributed by atoms with E-state index in [1.165, 1.54) is 5.82 Å². The smallest absolute Gasteiger partial charge is 0.225 e. The topological polar surface area (TPSA) is 50.1 Å². The molecule has 3 rings (SSSR count). The van der Waals surface area contributed by atoms with Crippen LogP contribution in [0.25, 0.3) is 0 Å². The van der Waals surface area contributed by atoms with Crippen LogP contribution in [-0.2, 0) is 6.54 Å². The summed E-state index contributed by atoms with van der Waals surface area (Å²) in [6.45, 7) is 4.04. The summed E-state index contributed by atoms with van der Waals surface area (Å²) in [4.78, 5) is 17.8. The standard InChI is InChI=1S/C16H24N6/c1-20(2)12-13-21-11-8-17-15(21)14-4-9-22(10-5-14)16-18-6-3-7-19-16/h3,6-8,11,14H,4-5,9-10,12-13H2,1-2H3. The maximum Gasteiger partial charge on any atom is 0.225 e. The third-order valence-electron chi connectivity index (χ3n) is 4.23. The number of anilines is 1. The molecule has 1 aliphatic rings. The predicted octanol–water partition coefficient (Wildman–Crippen LogP) is 1.62. The Hall–Kier alpha value is -1.95. The lowest BCUT2D eigenvalue weighted by molar-refractivity contribution is 0.372. The first-order valence-corrected chi connectivity index (χ1v) is 7.92. The van der Waals surface area contributed by atoms with Crippen molar-refractivity contribution in [1.82, 2.24) is 24.4 Å². The van der Waals surface area contributed by atoms with Gasteiger partial charge in [-0.05, 0) is 33.0 Å². The molecule has 0 amide bonds. The molecule has 1 saturated heterocycles. The fourth-order valence-electron chi connectivity index (χ4n) is 2.97. The van der Waals surface area contributed by atoms with Crippen molar-refractivity contribution in [3.05, 3.63) is 36.7 Å². The van der Waals surface area contributed by atoms with E-state index in [1.54, 1.807) is 0 Å². The Balaban J connectivity index is 1.61. The quantitative estimate of drug-likeness (QED) is 0.840. The van der Waals surface area contributed by atoms with Gasteiger partial charge in [0.05, 0.1) is 0 Å². The normalized spacial score (nSPS) is 16.4. The second-order valence-corrected chi connectivity index (χ2v) is 6.09. The molecule has 6 nitrogen and oxygen atoms in total. The zero-order chi connectivity index (χ0) is 15.4. The largest absolute Gasteiger partial charge is 0.341 e. The number of piperidine rings is 1. The van der Waals surface area contributed by atoms with E-state index >= 15 is 0 Å². The second kappa shape index (κ2) is 6.87. The highest BCUT2D eigenvalue weighted by Gasteiger charge is 2.24. The molecule has 0 radical (unpaired) electrons. The van der Waals surface area contributed by atoms with Crippen molar-refractivity contribution < 1.29 is 0 Å². The van der Waals surface area contributed by atoms with Gasteiger partial charge in [0.2, 0.25) is 5.95 Å². The molecule has 1 fully saturated rings. The van der Waals surface area contributed by atoms with Crippen LogP contribution in [0.4, 0.5) is 5.95 Å². The van der Waals surface area contributed by atoms with Crippen molar-refractivity contribution in [3.63, 3.8) is 0 Å². The lowest BCUT2D eigenvalue weighted by atomic mass is 9.96. The van der Waals surface area contributed by atoms with Gasteiger partial charge < -0.3 is 14.4 Å². The molecular weight excluding hydrogens is 276 g/mol. The average Bonchev–Trinajstić information content (AvgIpc) is 3.02. The fourth-order valence-corrected chi connectivity index (χ4v) is 2.97. The van der Waals surface area contributed by atoms with Crippen LogP contribution in [0.2, 0.25) is 0 Å². The Morgan fingerprint density at radius 1 is 1.09 bits per heavy atom. The van der Waals surface area contributed by atoms with E-state index in [2.05, 4.69) is 49.6 Å². The number of hydrogen-bond donors (Lipinski definition) is 0. The van der Waals surface area contributed by atoms with Gasteiger partial charge in [0, 0.05) is 56.9 Å². The van der Waals surface area contributed by atoms with E-state index in [4.69, 9.17) is 0 Å². The minimum absolute atomic E-state index is 0.539. The summed E-state index contributed by atoms with van der Waals surface area (Å²) in [6.07, 6.45) is 9.86. The van der Waals surface area contributed by atoms with Crippen LogP contribution < -0.4 is 4.90 Å². The summed E-state index contributed by atoms with van der Waals surface area (Å²) in [7, 11) is 4.21. The molecule has 3 heterocycles. The Bertz CT molecular complexity index is 571. The van der Waals surface area contributed by atoms with E-state index in [0.29, 0.717) is 5.92 Å². The molecule has 0 spiro atoms. The number of rotatable bonds is 5. The highest BCUT2D eigenvalue weighted by atomic mass is 15.2. The molecule has 2 aromatic rings. The van der Waals surface area contributed by atoms with Crippen LogP contribution in [0.5, 0.6) is 0 Å². The minimum atomic E-state index is 0.539. The zero-order valence-corrected chi connectivity index (χ0v) is 13.4. The van der Waals surface area contributed by atoms with E-state index in [1.807, 2.05) is 24.7 Å². The molecule has 0 bridgehead atoms. The summed E-state index contributed by atoms with van der Waals surface area (Å²) < 4.78 is 2.30. The van der Waals surface area contributed by atoms with Crippen molar-refractivity contribution in [2.24, 2.45) is 0 Å². The first-order chi connectivity index (χ1) is 10.7.